The number of nitrogens with one attached hydrogen (secondary N) is 1. The van der Waals surface area contributed by atoms with Gasteiger partial charge in [-0.2, -0.15) is 0 Å². The van der Waals surface area contributed by atoms with Gasteiger partial charge in [-0.25, -0.2) is 4.98 Å². The number of anilines is 1. The molecular formula is C20H26N4S. The van der Waals surface area contributed by atoms with E-state index in [-0.39, 0.29) is 0 Å². The van der Waals surface area contributed by atoms with Crippen LogP contribution in [0.15, 0.2) is 47.0 Å². The van der Waals surface area contributed by atoms with Gasteiger partial charge in [0.1, 0.15) is 5.03 Å². The molecule has 1 aliphatic rings. The molecule has 0 fully saturated rings. The van der Waals surface area contributed by atoms with Gasteiger partial charge in [-0.15, -0.1) is 0 Å². The number of benzene rings is 1. The quantitative estimate of drug-likeness (QED) is 0.675. The molecule has 132 valence electrons. The Balaban J connectivity index is 1.91. The standard InChI is InChI=1S/C20H26N4S/c1-4-24(5-2)12-11-22-17-9-8-15(13-21)19-18(17)14(3)16-7-6-10-23-20(16)25-19/h6-10,22H,3-5,11-13,21H2,1-2H3. The van der Waals surface area contributed by atoms with Gasteiger partial charge < -0.3 is 16.0 Å². The molecule has 2 heterocycles. The van der Waals surface area contributed by atoms with Crippen molar-refractivity contribution in [2.75, 3.05) is 31.5 Å². The molecule has 3 N–H and O–H groups in total. The van der Waals surface area contributed by atoms with Crippen LogP contribution in [0.3, 0.4) is 0 Å². The van der Waals surface area contributed by atoms with Gasteiger partial charge in [0.05, 0.1) is 0 Å². The Morgan fingerprint density at radius 2 is 2.04 bits per heavy atom. The van der Waals surface area contributed by atoms with Crippen molar-refractivity contribution < 1.29 is 0 Å². The number of nitrogens with two attached hydrogens (primary N) is 1. The summed E-state index contributed by atoms with van der Waals surface area (Å²) < 4.78 is 0. The van der Waals surface area contributed by atoms with Gasteiger partial charge in [-0.1, -0.05) is 44.3 Å². The van der Waals surface area contributed by atoms with Crippen molar-refractivity contribution >= 4 is 23.0 Å². The van der Waals surface area contributed by atoms with E-state index in [1.54, 1.807) is 11.8 Å². The Hall–Kier alpha value is -1.82. The van der Waals surface area contributed by atoms with E-state index in [9.17, 15) is 0 Å². The molecule has 0 aliphatic carbocycles. The Morgan fingerprint density at radius 1 is 1.24 bits per heavy atom. The van der Waals surface area contributed by atoms with E-state index in [2.05, 4.69) is 53.8 Å². The SMILES string of the molecule is C=C1c2cccnc2Sc2c(CN)ccc(NCCN(CC)CC)c21. The highest BCUT2D eigenvalue weighted by atomic mass is 32.2. The second-order valence-electron chi connectivity index (χ2n) is 6.07. The number of hydrogen-bond donors (Lipinski definition) is 2. The molecule has 1 aromatic carbocycles. The molecule has 1 aliphatic heterocycles. The van der Waals surface area contributed by atoms with Crippen molar-refractivity contribution in [3.63, 3.8) is 0 Å². The van der Waals surface area contributed by atoms with Gasteiger partial charge in [0.15, 0.2) is 0 Å². The van der Waals surface area contributed by atoms with Gasteiger partial charge in [0, 0.05) is 47.5 Å². The third kappa shape index (κ3) is 3.59. The number of aromatic nitrogens is 1. The molecule has 5 heteroatoms. The molecule has 25 heavy (non-hydrogen) atoms. The highest BCUT2D eigenvalue weighted by molar-refractivity contribution is 7.99. The maximum absolute atomic E-state index is 5.97. The predicted octanol–water partition coefficient (Wildman–Crippen LogP) is 3.82. The van der Waals surface area contributed by atoms with Crippen LogP contribution in [0.5, 0.6) is 0 Å². The third-order valence-electron chi connectivity index (χ3n) is 4.69. The van der Waals surface area contributed by atoms with Gasteiger partial charge in [0.2, 0.25) is 0 Å². The zero-order valence-electron chi connectivity index (χ0n) is 15.0. The highest BCUT2D eigenvalue weighted by Gasteiger charge is 2.25. The molecule has 0 bridgehead atoms. The molecule has 0 saturated carbocycles. The largest absolute Gasteiger partial charge is 0.383 e. The number of fused-ring (bicyclic) bond motifs is 2. The van der Waals surface area contributed by atoms with Crippen LogP contribution >= 0.6 is 11.8 Å². The first kappa shape index (κ1) is 18.0. The lowest BCUT2D eigenvalue weighted by atomic mass is 9.96. The molecule has 2 aromatic rings. The monoisotopic (exact) mass is 354 g/mol. The summed E-state index contributed by atoms with van der Waals surface area (Å²) in [4.78, 5) is 8.12. The number of pyridine rings is 1. The minimum Gasteiger partial charge on any atom is -0.383 e. The van der Waals surface area contributed by atoms with E-state index >= 15 is 0 Å². The van der Waals surface area contributed by atoms with Crippen molar-refractivity contribution in [1.82, 2.24) is 9.88 Å². The summed E-state index contributed by atoms with van der Waals surface area (Å²) in [5.74, 6) is 0. The molecule has 4 nitrogen and oxygen atoms in total. The van der Waals surface area contributed by atoms with Crippen LogP contribution in [-0.2, 0) is 6.54 Å². The fourth-order valence-electron chi connectivity index (χ4n) is 3.17. The summed E-state index contributed by atoms with van der Waals surface area (Å²) >= 11 is 1.70. The topological polar surface area (TPSA) is 54.2 Å². The first-order chi connectivity index (χ1) is 12.2. The van der Waals surface area contributed by atoms with Crippen molar-refractivity contribution in [3.05, 3.63) is 53.7 Å². The van der Waals surface area contributed by atoms with Crippen LogP contribution in [0.25, 0.3) is 5.57 Å². The van der Waals surface area contributed by atoms with Crippen molar-refractivity contribution in [3.8, 4) is 0 Å². The van der Waals surface area contributed by atoms with E-state index < -0.39 is 0 Å². The molecule has 0 saturated heterocycles. The predicted molar refractivity (Wildman–Crippen MR) is 107 cm³/mol. The van der Waals surface area contributed by atoms with Crippen LogP contribution in [0.2, 0.25) is 0 Å². The number of nitrogens with zero attached hydrogens (tertiary/aromatic N) is 2. The molecule has 3 rings (SSSR count). The lowest BCUT2D eigenvalue weighted by molar-refractivity contribution is 0.316. The average Bonchev–Trinajstić information content (AvgIpc) is 2.65. The summed E-state index contributed by atoms with van der Waals surface area (Å²) in [7, 11) is 0. The van der Waals surface area contributed by atoms with E-state index in [1.165, 1.54) is 10.5 Å². The van der Waals surface area contributed by atoms with Gasteiger partial charge in [0.25, 0.3) is 0 Å². The summed E-state index contributed by atoms with van der Waals surface area (Å²) in [5, 5.41) is 4.62. The fourth-order valence-corrected chi connectivity index (χ4v) is 4.40. The zero-order valence-corrected chi connectivity index (χ0v) is 15.8. The Morgan fingerprint density at radius 3 is 2.76 bits per heavy atom. The summed E-state index contributed by atoms with van der Waals surface area (Å²) in [6.45, 7) is 13.4. The molecule has 0 amide bonds. The van der Waals surface area contributed by atoms with Crippen LogP contribution < -0.4 is 11.1 Å². The summed E-state index contributed by atoms with van der Waals surface area (Å²) in [5.41, 5.74) is 11.6. The van der Waals surface area contributed by atoms with Crippen molar-refractivity contribution in [2.24, 2.45) is 5.73 Å². The molecule has 0 radical (unpaired) electrons. The number of hydrogen-bond acceptors (Lipinski definition) is 5. The average molecular weight is 355 g/mol. The Bertz CT molecular complexity index is 768. The van der Waals surface area contributed by atoms with E-state index in [0.717, 1.165) is 53.6 Å². The van der Waals surface area contributed by atoms with E-state index in [1.807, 2.05) is 12.3 Å². The van der Waals surface area contributed by atoms with E-state index in [4.69, 9.17) is 5.73 Å². The Kier molecular flexibility index (Phi) is 5.78. The minimum absolute atomic E-state index is 0.518. The first-order valence-corrected chi connectivity index (χ1v) is 9.65. The normalized spacial score (nSPS) is 12.9. The first-order valence-electron chi connectivity index (χ1n) is 8.84. The number of rotatable bonds is 7. The fraction of sp³-hybridized carbons (Fsp3) is 0.350. The number of likely N-dealkylation sites (N-methyl/N-ethyl adjacent to an activating group) is 1. The maximum atomic E-state index is 5.97. The van der Waals surface area contributed by atoms with Crippen LogP contribution in [0, 0.1) is 0 Å². The second kappa shape index (κ2) is 8.04. The lowest BCUT2D eigenvalue weighted by Crippen LogP contribution is -2.28. The molecule has 0 unspecified atom stereocenters. The maximum Gasteiger partial charge on any atom is 0.109 e. The van der Waals surface area contributed by atoms with E-state index in [0.29, 0.717) is 6.54 Å². The third-order valence-corrected chi connectivity index (χ3v) is 5.88. The molecular weight excluding hydrogens is 328 g/mol. The molecule has 1 aromatic heterocycles. The molecule has 0 atom stereocenters. The van der Waals surface area contributed by atoms with Gasteiger partial charge >= 0.3 is 0 Å². The smallest absolute Gasteiger partial charge is 0.109 e. The minimum atomic E-state index is 0.518. The van der Waals surface area contributed by atoms with Crippen LogP contribution in [0.4, 0.5) is 5.69 Å². The van der Waals surface area contributed by atoms with Crippen molar-refractivity contribution in [1.29, 1.82) is 0 Å². The summed E-state index contributed by atoms with van der Waals surface area (Å²) in [6, 6.07) is 8.31. The second-order valence-corrected chi connectivity index (χ2v) is 7.07. The molecule has 0 spiro atoms. The highest BCUT2D eigenvalue weighted by Crippen LogP contribution is 2.47. The Labute approximate surface area is 154 Å². The van der Waals surface area contributed by atoms with Gasteiger partial charge in [-0.05, 0) is 36.4 Å². The lowest BCUT2D eigenvalue weighted by Gasteiger charge is -2.26. The van der Waals surface area contributed by atoms with Crippen LogP contribution in [-0.4, -0.2) is 36.1 Å². The van der Waals surface area contributed by atoms with Gasteiger partial charge in [-0.3, -0.25) is 0 Å². The summed E-state index contributed by atoms with van der Waals surface area (Å²) in [6.07, 6.45) is 1.83. The van der Waals surface area contributed by atoms with Crippen LogP contribution in [0.1, 0.15) is 30.5 Å². The zero-order chi connectivity index (χ0) is 17.8. The van der Waals surface area contributed by atoms with Crippen molar-refractivity contribution in [2.45, 2.75) is 30.3 Å².